The molecule has 0 saturated carbocycles. The summed E-state index contributed by atoms with van der Waals surface area (Å²) >= 11 is 5.79. The van der Waals surface area contributed by atoms with Crippen molar-refractivity contribution in [2.45, 2.75) is 19.0 Å². The Morgan fingerprint density at radius 1 is 1.07 bits per heavy atom. The molecule has 0 radical (unpaired) electrons. The molecule has 0 saturated heterocycles. The van der Waals surface area contributed by atoms with Gasteiger partial charge in [0.1, 0.15) is 0 Å². The second kappa shape index (κ2) is 9.00. The summed E-state index contributed by atoms with van der Waals surface area (Å²) in [4.78, 5) is 12.0. The first-order chi connectivity index (χ1) is 13.8. The maximum atomic E-state index is 13.6. The van der Waals surface area contributed by atoms with Crippen LogP contribution in [0.5, 0.6) is 0 Å². The lowest BCUT2D eigenvalue weighted by atomic mass is 10.1. The molecule has 3 rings (SSSR count). The Bertz CT molecular complexity index is 956. The molecule has 0 atom stereocenters. The van der Waals surface area contributed by atoms with Crippen LogP contribution in [0.4, 0.5) is 23.7 Å². The number of hydrogen-bond acceptors (Lipinski definition) is 2. The van der Waals surface area contributed by atoms with E-state index >= 15 is 0 Å². The first-order valence-electron chi connectivity index (χ1n) is 8.84. The average Bonchev–Trinajstić information content (AvgIpc) is 3.10. The van der Waals surface area contributed by atoms with Crippen LogP contribution in [-0.2, 0) is 12.6 Å². The predicted molar refractivity (Wildman–Crippen MR) is 105 cm³/mol. The molecule has 29 heavy (non-hydrogen) atoms. The molecule has 1 aromatic heterocycles. The number of carbonyl (C=O) groups excluding carboxylic acids is 1. The van der Waals surface area contributed by atoms with Crippen molar-refractivity contribution in [1.82, 2.24) is 15.1 Å². The van der Waals surface area contributed by atoms with E-state index in [1.54, 1.807) is 0 Å². The van der Waals surface area contributed by atoms with Gasteiger partial charge in [-0.15, -0.1) is 0 Å². The molecule has 1 heterocycles. The zero-order chi connectivity index (χ0) is 20.9. The van der Waals surface area contributed by atoms with Crippen molar-refractivity contribution in [1.29, 1.82) is 0 Å². The molecule has 2 amide bonds. The number of alkyl halides is 3. The number of aromatic nitrogens is 2. The normalized spacial score (nSPS) is 11.3. The summed E-state index contributed by atoms with van der Waals surface area (Å²) in [5.74, 6) is 0. The number of nitrogens with one attached hydrogen (secondary N) is 2. The topological polar surface area (TPSA) is 59.0 Å². The average molecular weight is 423 g/mol. The Balaban J connectivity index is 1.65. The molecule has 0 aliphatic carbocycles. The third-order valence-corrected chi connectivity index (χ3v) is 4.38. The molecule has 5 nitrogen and oxygen atoms in total. The van der Waals surface area contributed by atoms with E-state index < -0.39 is 23.6 Å². The molecule has 2 aromatic carbocycles. The largest absolute Gasteiger partial charge is 0.435 e. The van der Waals surface area contributed by atoms with E-state index in [4.69, 9.17) is 11.6 Å². The van der Waals surface area contributed by atoms with Crippen molar-refractivity contribution in [3.8, 4) is 5.69 Å². The number of carbonyl (C=O) groups is 1. The Morgan fingerprint density at radius 2 is 1.76 bits per heavy atom. The van der Waals surface area contributed by atoms with Crippen molar-refractivity contribution in [2.24, 2.45) is 0 Å². The minimum atomic E-state index is -4.72. The number of anilines is 1. The molecule has 152 valence electrons. The number of benzene rings is 2. The number of amides is 2. The third-order valence-electron chi connectivity index (χ3n) is 4.13. The lowest BCUT2D eigenvalue weighted by Gasteiger charge is -2.13. The first kappa shape index (κ1) is 20.7. The molecule has 3 aromatic rings. The van der Waals surface area contributed by atoms with Crippen molar-refractivity contribution in [3.05, 3.63) is 77.1 Å². The second-order valence-corrected chi connectivity index (χ2v) is 6.70. The zero-order valence-corrected chi connectivity index (χ0v) is 16.0. The number of halogens is 4. The highest BCUT2D eigenvalue weighted by atomic mass is 35.5. The van der Waals surface area contributed by atoms with Crippen LogP contribution in [0.15, 0.2) is 60.8 Å². The van der Waals surface area contributed by atoms with Gasteiger partial charge in [0.15, 0.2) is 5.69 Å². The van der Waals surface area contributed by atoms with E-state index in [2.05, 4.69) is 15.7 Å². The van der Waals surface area contributed by atoms with Crippen LogP contribution >= 0.6 is 11.6 Å². The maximum absolute atomic E-state index is 13.6. The summed E-state index contributed by atoms with van der Waals surface area (Å²) in [5.41, 5.74) is -0.191. The minimum Gasteiger partial charge on any atom is -0.338 e. The fourth-order valence-corrected chi connectivity index (χ4v) is 2.92. The van der Waals surface area contributed by atoms with Gasteiger partial charge in [-0.1, -0.05) is 41.9 Å². The van der Waals surface area contributed by atoms with Gasteiger partial charge in [0.05, 0.1) is 17.6 Å². The molecule has 0 aliphatic heterocycles. The van der Waals surface area contributed by atoms with Crippen molar-refractivity contribution >= 4 is 23.3 Å². The van der Waals surface area contributed by atoms with Crippen LogP contribution in [-0.4, -0.2) is 22.4 Å². The van der Waals surface area contributed by atoms with Crippen LogP contribution < -0.4 is 10.6 Å². The fourth-order valence-electron chi connectivity index (χ4n) is 2.80. The van der Waals surface area contributed by atoms with Crippen LogP contribution in [0.1, 0.15) is 17.7 Å². The van der Waals surface area contributed by atoms with E-state index in [-0.39, 0.29) is 5.69 Å². The molecular weight excluding hydrogens is 405 g/mol. The zero-order valence-electron chi connectivity index (χ0n) is 15.2. The summed E-state index contributed by atoms with van der Waals surface area (Å²) in [6.45, 7) is 0.327. The summed E-state index contributed by atoms with van der Waals surface area (Å²) in [7, 11) is 0. The van der Waals surface area contributed by atoms with E-state index in [1.807, 2.05) is 30.3 Å². The van der Waals surface area contributed by atoms with Crippen LogP contribution in [0.3, 0.4) is 0 Å². The number of hydrogen-bond donors (Lipinski definition) is 2. The quantitative estimate of drug-likeness (QED) is 0.530. The second-order valence-electron chi connectivity index (χ2n) is 6.26. The summed E-state index contributed by atoms with van der Waals surface area (Å²) in [6, 6.07) is 14.7. The lowest BCUT2D eigenvalue weighted by molar-refractivity contribution is -0.142. The van der Waals surface area contributed by atoms with Crippen LogP contribution in [0.2, 0.25) is 5.02 Å². The Labute approximate surface area is 170 Å². The Hall–Kier alpha value is -3.00. The summed E-state index contributed by atoms with van der Waals surface area (Å²) in [5, 5.41) is 8.98. The minimum absolute atomic E-state index is 0.179. The van der Waals surface area contributed by atoms with E-state index in [9.17, 15) is 18.0 Å². The fraction of sp³-hybridized carbons (Fsp3) is 0.200. The Kier molecular flexibility index (Phi) is 6.43. The van der Waals surface area contributed by atoms with E-state index in [1.165, 1.54) is 24.3 Å². The smallest absolute Gasteiger partial charge is 0.338 e. The van der Waals surface area contributed by atoms with Crippen LogP contribution in [0.25, 0.3) is 5.69 Å². The predicted octanol–water partition coefficient (Wildman–Crippen LogP) is 5.30. The number of rotatable bonds is 6. The Morgan fingerprint density at radius 3 is 2.41 bits per heavy atom. The third kappa shape index (κ3) is 5.51. The summed E-state index contributed by atoms with van der Waals surface area (Å²) < 4.78 is 41.5. The van der Waals surface area contributed by atoms with Gasteiger partial charge in [-0.2, -0.15) is 18.3 Å². The van der Waals surface area contributed by atoms with Gasteiger partial charge < -0.3 is 10.6 Å². The summed E-state index contributed by atoms with van der Waals surface area (Å²) in [6.07, 6.45) is -2.33. The van der Waals surface area contributed by atoms with Crippen LogP contribution in [0, 0.1) is 0 Å². The molecular formula is C20H18ClF3N4O. The molecule has 0 fully saturated rings. The standard InChI is InChI=1S/C20H18ClF3N4O/c21-15-8-10-16(11-9-15)28-18(20(22,23)24)17(13-26-28)27-19(29)25-12-4-7-14-5-2-1-3-6-14/h1-3,5-6,8-11,13H,4,7,12H2,(H2,25,27,29). The number of aryl methyl sites for hydroxylation is 1. The molecule has 0 unspecified atom stereocenters. The highest BCUT2D eigenvalue weighted by Gasteiger charge is 2.39. The van der Waals surface area contributed by atoms with Gasteiger partial charge in [0, 0.05) is 11.6 Å². The lowest BCUT2D eigenvalue weighted by Crippen LogP contribution is -2.30. The first-order valence-corrected chi connectivity index (χ1v) is 9.22. The van der Waals surface area contributed by atoms with E-state index in [0.29, 0.717) is 18.0 Å². The highest BCUT2D eigenvalue weighted by molar-refractivity contribution is 6.30. The SMILES string of the molecule is O=C(NCCCc1ccccc1)Nc1cnn(-c2ccc(Cl)cc2)c1C(F)(F)F. The van der Waals surface area contributed by atoms with Gasteiger partial charge in [-0.25, -0.2) is 9.48 Å². The van der Waals surface area contributed by atoms with Gasteiger partial charge in [0.25, 0.3) is 0 Å². The monoisotopic (exact) mass is 422 g/mol. The van der Waals surface area contributed by atoms with E-state index in [0.717, 1.165) is 22.9 Å². The van der Waals surface area contributed by atoms with Gasteiger partial charge in [0.2, 0.25) is 0 Å². The molecule has 0 spiro atoms. The maximum Gasteiger partial charge on any atom is 0.435 e. The highest BCUT2D eigenvalue weighted by Crippen LogP contribution is 2.36. The van der Waals surface area contributed by atoms with Crippen molar-refractivity contribution in [3.63, 3.8) is 0 Å². The number of urea groups is 1. The molecule has 0 bridgehead atoms. The molecule has 2 N–H and O–H groups in total. The van der Waals surface area contributed by atoms with Crippen molar-refractivity contribution < 1.29 is 18.0 Å². The molecule has 0 aliphatic rings. The molecule has 9 heteroatoms. The van der Waals surface area contributed by atoms with Gasteiger partial charge in [-0.05, 0) is 42.7 Å². The van der Waals surface area contributed by atoms with Crippen molar-refractivity contribution in [2.75, 3.05) is 11.9 Å². The number of nitrogens with zero attached hydrogens (tertiary/aromatic N) is 2. The van der Waals surface area contributed by atoms with Gasteiger partial charge >= 0.3 is 12.2 Å². The van der Waals surface area contributed by atoms with Gasteiger partial charge in [-0.3, -0.25) is 0 Å².